The Balaban J connectivity index is 1.32. The summed E-state index contributed by atoms with van der Waals surface area (Å²) < 4.78 is 55.5. The van der Waals surface area contributed by atoms with Crippen molar-refractivity contribution in [3.05, 3.63) is 90.0 Å². The van der Waals surface area contributed by atoms with Gasteiger partial charge in [-0.2, -0.15) is 18.2 Å². The van der Waals surface area contributed by atoms with Crippen molar-refractivity contribution in [1.29, 1.82) is 5.41 Å². The van der Waals surface area contributed by atoms with Gasteiger partial charge >= 0.3 is 18.2 Å². The van der Waals surface area contributed by atoms with Gasteiger partial charge in [0, 0.05) is 37.1 Å². The van der Waals surface area contributed by atoms with Crippen LogP contribution in [0, 0.1) is 5.41 Å². The molecular weight excluding hydrogens is 585 g/mol. The van der Waals surface area contributed by atoms with E-state index in [2.05, 4.69) is 4.84 Å². The van der Waals surface area contributed by atoms with Crippen molar-refractivity contribution >= 4 is 23.8 Å². The molecule has 1 aliphatic rings. The van der Waals surface area contributed by atoms with E-state index in [0.717, 1.165) is 0 Å². The van der Waals surface area contributed by atoms with Crippen LogP contribution >= 0.6 is 0 Å². The van der Waals surface area contributed by atoms with E-state index in [1.807, 2.05) is 6.07 Å². The summed E-state index contributed by atoms with van der Waals surface area (Å²) >= 11 is 0. The maximum absolute atomic E-state index is 13.0. The van der Waals surface area contributed by atoms with Crippen molar-refractivity contribution < 1.29 is 46.6 Å². The predicted molar refractivity (Wildman–Crippen MR) is 150 cm³/mol. The fraction of sp³-hybridized carbons (Fsp3) is 0.267. The molecule has 1 fully saturated rings. The summed E-state index contributed by atoms with van der Waals surface area (Å²) in [6.07, 6.45) is -4.95. The first-order valence-corrected chi connectivity index (χ1v) is 13.5. The molecule has 11 nitrogen and oxygen atoms in total. The molecule has 232 valence electrons. The van der Waals surface area contributed by atoms with Crippen LogP contribution < -0.4 is 19.9 Å². The van der Waals surface area contributed by atoms with Crippen molar-refractivity contribution in [1.82, 2.24) is 9.96 Å². The average Bonchev–Trinajstić information content (AvgIpc) is 3.01. The Morgan fingerprint density at radius 3 is 2.18 bits per heavy atom. The number of benzene rings is 3. The number of hydroxylamine groups is 2. The van der Waals surface area contributed by atoms with E-state index >= 15 is 0 Å². The number of hydrogen-bond acceptors (Lipinski definition) is 8. The number of para-hydroxylation sites is 1. The monoisotopic (exact) mass is 614 g/mol. The van der Waals surface area contributed by atoms with Gasteiger partial charge in [0.2, 0.25) is 0 Å². The summed E-state index contributed by atoms with van der Waals surface area (Å²) in [4.78, 5) is 42.9. The number of likely N-dealkylation sites (tertiary alicyclic amines) is 1. The lowest BCUT2D eigenvalue weighted by atomic mass is 10.1. The highest BCUT2D eigenvalue weighted by Crippen LogP contribution is 2.23. The number of piperidine rings is 1. The second-order valence-electron chi connectivity index (χ2n) is 9.58. The van der Waals surface area contributed by atoms with E-state index in [0.29, 0.717) is 43.0 Å². The lowest BCUT2D eigenvalue weighted by molar-refractivity contribution is -0.229. The average molecular weight is 615 g/mol. The number of rotatable bonds is 9. The SMILES string of the molecule is N=C(N)c1cccc(OCCN(OC(=O)C(F)(F)F)C(=O)c2ccc(OC3CCN(C(=O)Oc4ccccc4)CC3)cc2)c1. The first kappa shape index (κ1) is 31.7. The topological polar surface area (TPSA) is 144 Å². The molecule has 0 spiro atoms. The van der Waals surface area contributed by atoms with Crippen LogP contribution in [0.1, 0.15) is 28.8 Å². The molecule has 0 aliphatic carbocycles. The molecule has 0 aromatic heterocycles. The molecule has 1 heterocycles. The van der Waals surface area contributed by atoms with Crippen LogP contribution in [0.25, 0.3) is 0 Å². The van der Waals surface area contributed by atoms with Gasteiger partial charge in [-0.15, -0.1) is 0 Å². The summed E-state index contributed by atoms with van der Waals surface area (Å²) in [6, 6.07) is 20.4. The molecule has 4 rings (SSSR count). The van der Waals surface area contributed by atoms with E-state index in [-0.39, 0.29) is 34.9 Å². The lowest BCUT2D eigenvalue weighted by Gasteiger charge is -2.31. The first-order chi connectivity index (χ1) is 21.0. The normalized spacial score (nSPS) is 13.5. The number of hydrogen-bond donors (Lipinski definition) is 2. The van der Waals surface area contributed by atoms with Crippen LogP contribution in [0.4, 0.5) is 18.0 Å². The Hall–Kier alpha value is -5.27. The molecule has 14 heteroatoms. The summed E-state index contributed by atoms with van der Waals surface area (Å²) in [5.41, 5.74) is 5.74. The maximum Gasteiger partial charge on any atom is 0.493 e. The Labute approximate surface area is 250 Å². The summed E-state index contributed by atoms with van der Waals surface area (Å²) in [5, 5.41) is 7.76. The smallest absolute Gasteiger partial charge is 0.492 e. The molecule has 3 aromatic rings. The molecule has 0 unspecified atom stereocenters. The summed E-state index contributed by atoms with van der Waals surface area (Å²) in [6.45, 7) is -0.0490. The van der Waals surface area contributed by atoms with Gasteiger partial charge in [-0.3, -0.25) is 10.2 Å². The van der Waals surface area contributed by atoms with Crippen molar-refractivity contribution in [2.75, 3.05) is 26.2 Å². The largest absolute Gasteiger partial charge is 0.493 e. The fourth-order valence-electron chi connectivity index (χ4n) is 4.16. The van der Waals surface area contributed by atoms with E-state index < -0.39 is 30.7 Å². The number of nitrogens with zero attached hydrogens (tertiary/aromatic N) is 2. The zero-order valence-corrected chi connectivity index (χ0v) is 23.3. The standard InChI is InChI=1S/C30H29F3N4O7/c31-30(32,33)28(39)44-37(17-18-41-25-8-4-5-21(19-25)26(34)35)27(38)20-9-11-23(12-10-20)42-24-13-15-36(16-14-24)29(40)43-22-6-2-1-3-7-22/h1-12,19,24H,13-18H2,(H3,34,35). The molecule has 0 atom stereocenters. The molecule has 3 aromatic carbocycles. The highest BCUT2D eigenvalue weighted by molar-refractivity contribution is 5.95. The lowest BCUT2D eigenvalue weighted by Crippen LogP contribution is -2.43. The number of amidine groups is 1. The number of carbonyl (C=O) groups excluding carboxylic acids is 3. The van der Waals surface area contributed by atoms with E-state index in [9.17, 15) is 27.6 Å². The van der Waals surface area contributed by atoms with Gasteiger partial charge in [0.05, 0.1) is 6.54 Å². The molecular formula is C30H29F3N4O7. The Kier molecular flexibility index (Phi) is 10.3. The number of nitrogens with one attached hydrogen (secondary N) is 1. The number of halogens is 3. The Morgan fingerprint density at radius 2 is 1.55 bits per heavy atom. The van der Waals surface area contributed by atoms with Crippen LogP contribution in [0.5, 0.6) is 17.2 Å². The van der Waals surface area contributed by atoms with Crippen LogP contribution in [0.3, 0.4) is 0 Å². The molecule has 0 saturated carbocycles. The molecule has 3 N–H and O–H groups in total. The van der Waals surface area contributed by atoms with Gasteiger partial charge in [-0.05, 0) is 48.5 Å². The predicted octanol–water partition coefficient (Wildman–Crippen LogP) is 4.55. The van der Waals surface area contributed by atoms with Gasteiger partial charge in [-0.1, -0.05) is 30.3 Å². The minimum Gasteiger partial charge on any atom is -0.492 e. The van der Waals surface area contributed by atoms with Crippen molar-refractivity contribution in [2.24, 2.45) is 5.73 Å². The second kappa shape index (κ2) is 14.3. The first-order valence-electron chi connectivity index (χ1n) is 13.5. The van der Waals surface area contributed by atoms with Crippen LogP contribution in [0.15, 0.2) is 78.9 Å². The summed E-state index contributed by atoms with van der Waals surface area (Å²) in [5.74, 6) is -2.70. The molecule has 0 radical (unpaired) electrons. The third kappa shape index (κ3) is 8.86. The van der Waals surface area contributed by atoms with Crippen LogP contribution in [0.2, 0.25) is 0 Å². The van der Waals surface area contributed by atoms with Gasteiger partial charge < -0.3 is 29.7 Å². The van der Waals surface area contributed by atoms with Crippen molar-refractivity contribution in [3.8, 4) is 17.2 Å². The molecule has 0 bridgehead atoms. The molecule has 44 heavy (non-hydrogen) atoms. The van der Waals surface area contributed by atoms with Gasteiger partial charge in [0.25, 0.3) is 5.91 Å². The maximum atomic E-state index is 13.0. The zero-order valence-electron chi connectivity index (χ0n) is 23.3. The minimum absolute atomic E-state index is 0.0654. The number of carbonyl (C=O) groups is 3. The highest BCUT2D eigenvalue weighted by atomic mass is 19.4. The molecule has 1 saturated heterocycles. The van der Waals surface area contributed by atoms with Crippen LogP contribution in [-0.2, 0) is 9.63 Å². The van der Waals surface area contributed by atoms with E-state index in [1.54, 1.807) is 41.3 Å². The fourth-order valence-corrected chi connectivity index (χ4v) is 4.16. The number of alkyl halides is 3. The Morgan fingerprint density at radius 1 is 0.886 bits per heavy atom. The minimum atomic E-state index is -5.33. The van der Waals surface area contributed by atoms with Crippen molar-refractivity contribution in [2.45, 2.75) is 25.1 Å². The van der Waals surface area contributed by atoms with Crippen LogP contribution in [-0.4, -0.2) is 72.3 Å². The van der Waals surface area contributed by atoms with Crippen molar-refractivity contribution in [3.63, 3.8) is 0 Å². The third-order valence-electron chi connectivity index (χ3n) is 6.41. The van der Waals surface area contributed by atoms with E-state index in [1.165, 1.54) is 36.4 Å². The van der Waals surface area contributed by atoms with Gasteiger partial charge in [0.1, 0.15) is 35.8 Å². The number of ether oxygens (including phenoxy) is 3. The third-order valence-corrected chi connectivity index (χ3v) is 6.41. The highest BCUT2D eigenvalue weighted by Gasteiger charge is 2.43. The van der Waals surface area contributed by atoms with Gasteiger partial charge in [0.15, 0.2) is 0 Å². The second-order valence-corrected chi connectivity index (χ2v) is 9.58. The summed E-state index contributed by atoms with van der Waals surface area (Å²) in [7, 11) is 0. The van der Waals surface area contributed by atoms with Gasteiger partial charge in [-0.25, -0.2) is 9.59 Å². The Bertz CT molecular complexity index is 1460. The quantitative estimate of drug-likeness (QED) is 0.203. The zero-order chi connectivity index (χ0) is 31.7. The molecule has 1 aliphatic heterocycles. The number of amides is 2. The molecule has 2 amide bonds. The van der Waals surface area contributed by atoms with E-state index in [4.69, 9.17) is 25.4 Å². The number of nitrogen functional groups attached to an aromatic ring is 1. The number of nitrogens with two attached hydrogens (primary N) is 1.